The van der Waals surface area contributed by atoms with E-state index >= 15 is 0 Å². The molecule has 70 heavy (non-hydrogen) atoms. The molecule has 4 aliphatic rings. The minimum absolute atomic E-state index is 0.0364. The van der Waals surface area contributed by atoms with Gasteiger partial charge in [-0.25, -0.2) is 4.79 Å². The van der Waals surface area contributed by atoms with Crippen LogP contribution in [0.2, 0.25) is 0 Å². The van der Waals surface area contributed by atoms with Crippen molar-refractivity contribution in [2.24, 2.45) is 22.9 Å². The van der Waals surface area contributed by atoms with Crippen molar-refractivity contribution in [3.8, 4) is 11.5 Å². The maximum absolute atomic E-state index is 14.8. The number of carbonyl (C=O) groups is 1. The van der Waals surface area contributed by atoms with Gasteiger partial charge in [0.2, 0.25) is 12.1 Å². The van der Waals surface area contributed by atoms with Gasteiger partial charge >= 0.3 is 6.09 Å². The van der Waals surface area contributed by atoms with E-state index in [1.54, 1.807) is 11.0 Å². The summed E-state index contributed by atoms with van der Waals surface area (Å²) in [5.74, 6) is -0.816. The fourth-order valence-electron chi connectivity index (χ4n) is 11.0. The van der Waals surface area contributed by atoms with Gasteiger partial charge < -0.3 is 48.6 Å². The SMILES string of the molecule is C=CCO[C@@]12Oc3ccc(OCc4cccc(C)n4)cc3[C@H]3[C@H](CCCCO)[C@@H](CCCCO)C=C(C(=NOC4CCCCO4)C[C@@H]1N(CCOCCO)C(=O)OCCCCCCCCCCCC)[C@H]32. The second kappa shape index (κ2) is 30.1. The summed E-state index contributed by atoms with van der Waals surface area (Å²) in [6.45, 7) is 9.98. The van der Waals surface area contributed by atoms with Crippen LogP contribution < -0.4 is 9.47 Å². The molecule has 14 heteroatoms. The van der Waals surface area contributed by atoms with E-state index in [1.807, 2.05) is 37.3 Å². The molecule has 1 aromatic heterocycles. The molecule has 1 aromatic carbocycles. The number of allylic oxidation sites excluding steroid dienone is 1. The Morgan fingerprint density at radius 3 is 2.40 bits per heavy atom. The van der Waals surface area contributed by atoms with Gasteiger partial charge in [0.15, 0.2) is 0 Å². The quantitative estimate of drug-likeness (QED) is 0.0352. The largest absolute Gasteiger partial charge is 0.487 e. The first-order chi connectivity index (χ1) is 34.4. The van der Waals surface area contributed by atoms with Gasteiger partial charge in [0, 0.05) is 49.8 Å². The summed E-state index contributed by atoms with van der Waals surface area (Å²) in [5.41, 5.74) is 4.31. The Kier molecular flexibility index (Phi) is 23.8. The van der Waals surface area contributed by atoms with E-state index in [4.69, 9.17) is 38.4 Å². The first kappa shape index (κ1) is 55.3. The van der Waals surface area contributed by atoms with Crippen molar-refractivity contribution in [2.75, 3.05) is 59.4 Å². The molecule has 2 aliphatic heterocycles. The predicted octanol–water partition coefficient (Wildman–Crippen LogP) is 10.5. The van der Waals surface area contributed by atoms with Crippen LogP contribution in [0.25, 0.3) is 0 Å². The molecule has 1 unspecified atom stereocenters. The highest BCUT2D eigenvalue weighted by molar-refractivity contribution is 6.03. The number of aliphatic hydroxyl groups is 3. The third-order valence-corrected chi connectivity index (χ3v) is 14.4. The number of rotatable bonds is 33. The normalized spacial score (nSPS) is 24.2. The van der Waals surface area contributed by atoms with Crippen LogP contribution >= 0.6 is 0 Å². The predicted molar refractivity (Wildman–Crippen MR) is 271 cm³/mol. The lowest BCUT2D eigenvalue weighted by Crippen LogP contribution is -2.70. The number of hydrogen-bond acceptors (Lipinski definition) is 13. The fourth-order valence-corrected chi connectivity index (χ4v) is 11.0. The number of fused-ring (bicyclic) bond motifs is 2. The van der Waals surface area contributed by atoms with Crippen molar-refractivity contribution in [3.63, 3.8) is 0 Å². The van der Waals surface area contributed by atoms with Gasteiger partial charge in [-0.2, -0.15) is 0 Å². The molecule has 2 fully saturated rings. The number of unbranched alkanes of at least 4 members (excludes halogenated alkanes) is 11. The van der Waals surface area contributed by atoms with Gasteiger partial charge in [-0.1, -0.05) is 101 Å². The zero-order valence-electron chi connectivity index (χ0n) is 42.5. The van der Waals surface area contributed by atoms with Crippen LogP contribution in [-0.4, -0.2) is 115 Å². The third kappa shape index (κ3) is 15.5. The van der Waals surface area contributed by atoms with E-state index < -0.39 is 30.1 Å². The molecule has 14 nitrogen and oxygen atoms in total. The van der Waals surface area contributed by atoms with Crippen LogP contribution in [-0.2, 0) is 30.4 Å². The molecule has 0 spiro atoms. The van der Waals surface area contributed by atoms with Gasteiger partial charge in [0.25, 0.3) is 0 Å². The minimum Gasteiger partial charge on any atom is -0.487 e. The minimum atomic E-state index is -1.47. The second-order valence-corrected chi connectivity index (χ2v) is 19.6. The number of pyridine rings is 1. The van der Waals surface area contributed by atoms with Crippen LogP contribution in [0.15, 0.2) is 65.9 Å². The lowest BCUT2D eigenvalue weighted by Gasteiger charge is -2.59. The molecular formula is C56H85N3O11. The van der Waals surface area contributed by atoms with Gasteiger partial charge in [-0.15, -0.1) is 6.58 Å². The molecule has 0 radical (unpaired) electrons. The molecule has 7 atom stereocenters. The van der Waals surface area contributed by atoms with E-state index in [-0.39, 0.29) is 83.6 Å². The van der Waals surface area contributed by atoms with E-state index in [9.17, 15) is 20.1 Å². The summed E-state index contributed by atoms with van der Waals surface area (Å²) in [6, 6.07) is 11.1. The Balaban J connectivity index is 1.43. The molecule has 390 valence electrons. The Bertz CT molecular complexity index is 1920. The molecule has 0 bridgehead atoms. The highest BCUT2D eigenvalue weighted by atomic mass is 16.8. The first-order valence-electron chi connectivity index (χ1n) is 26.9. The standard InChI is InChI=1S/C56H85N3O11/c1-4-6-7-8-9-10-11-12-13-19-35-66-55(63)59(29-36-64-37-32-62)51-40-49(58-70-52-26-16-20-34-65-52)47-38-43(23-14-17-30-60)46(25-15-18-31-61)53-48-39-45(67-41-44-24-21-22-42(3)57-44)27-28-50(48)69-56(51,54(47)53)68-33-5-2/h5,21-22,24,27-28,38-39,43,46,51-54,60-62H,2,4,6-20,23,25-26,29-37,40-41H2,1,3H3/t43-,46+,51-,52?,53+,54+,56+/m0/s1. The average Bonchev–Trinajstić information content (AvgIpc) is 3.37. The number of aliphatic hydroxyl groups excluding tert-OH is 3. The fraction of sp³-hybridized carbons (Fsp3) is 0.696. The monoisotopic (exact) mass is 976 g/mol. The van der Waals surface area contributed by atoms with Crippen molar-refractivity contribution < 1.29 is 53.4 Å². The van der Waals surface area contributed by atoms with Gasteiger partial charge in [0.1, 0.15) is 24.1 Å². The van der Waals surface area contributed by atoms with Crippen molar-refractivity contribution >= 4 is 11.8 Å². The van der Waals surface area contributed by atoms with Gasteiger partial charge in [-0.3, -0.25) is 9.88 Å². The smallest absolute Gasteiger partial charge is 0.410 e. The van der Waals surface area contributed by atoms with Crippen molar-refractivity contribution in [2.45, 2.75) is 173 Å². The lowest BCUT2D eigenvalue weighted by molar-refractivity contribution is -0.256. The Morgan fingerprint density at radius 1 is 0.914 bits per heavy atom. The maximum atomic E-state index is 14.8. The average molecular weight is 976 g/mol. The summed E-state index contributed by atoms with van der Waals surface area (Å²) >= 11 is 0. The molecule has 1 saturated heterocycles. The first-order valence-corrected chi connectivity index (χ1v) is 26.9. The number of benzene rings is 1. The topological polar surface area (TPSA) is 171 Å². The number of amides is 1. The van der Waals surface area contributed by atoms with Crippen LogP contribution in [0.4, 0.5) is 4.79 Å². The summed E-state index contributed by atoms with van der Waals surface area (Å²) in [7, 11) is 0. The number of nitrogens with zero attached hydrogens (tertiary/aromatic N) is 3. The second-order valence-electron chi connectivity index (χ2n) is 19.6. The Hall–Kier alpha value is -4.05. The summed E-state index contributed by atoms with van der Waals surface area (Å²) in [5, 5.41) is 34.7. The van der Waals surface area contributed by atoms with Gasteiger partial charge in [-0.05, 0) is 99.6 Å². The van der Waals surface area contributed by atoms with Crippen LogP contribution in [0.3, 0.4) is 0 Å². The molecular weight excluding hydrogens is 891 g/mol. The van der Waals surface area contributed by atoms with Crippen LogP contribution in [0.5, 0.6) is 11.5 Å². The lowest BCUT2D eigenvalue weighted by atomic mass is 9.55. The molecule has 3 N–H and O–H groups in total. The molecule has 2 aliphatic carbocycles. The van der Waals surface area contributed by atoms with E-state index in [0.717, 1.165) is 80.3 Å². The number of carbonyl (C=O) groups excluding carboxylic acids is 1. The summed E-state index contributed by atoms with van der Waals surface area (Å²) < 4.78 is 39.2. The van der Waals surface area contributed by atoms with E-state index in [0.29, 0.717) is 43.1 Å². The number of hydrogen-bond donors (Lipinski definition) is 3. The zero-order valence-corrected chi connectivity index (χ0v) is 42.5. The van der Waals surface area contributed by atoms with Crippen molar-refractivity contribution in [3.05, 3.63) is 77.7 Å². The molecule has 1 amide bonds. The molecule has 1 saturated carbocycles. The van der Waals surface area contributed by atoms with Crippen LogP contribution in [0.1, 0.15) is 158 Å². The Morgan fingerprint density at radius 2 is 1.69 bits per heavy atom. The number of ether oxygens (including phenoxy) is 6. The van der Waals surface area contributed by atoms with Crippen molar-refractivity contribution in [1.29, 1.82) is 0 Å². The van der Waals surface area contributed by atoms with Crippen LogP contribution in [0, 0.1) is 24.7 Å². The van der Waals surface area contributed by atoms with E-state index in [2.05, 4.69) is 30.6 Å². The highest BCUT2D eigenvalue weighted by Gasteiger charge is 2.65. The highest BCUT2D eigenvalue weighted by Crippen LogP contribution is 2.62. The number of aromatic nitrogens is 1. The number of aryl methyl sites for hydroxylation is 1. The molecule has 2 aromatic rings. The maximum Gasteiger partial charge on any atom is 0.410 e. The van der Waals surface area contributed by atoms with Crippen molar-refractivity contribution in [1.82, 2.24) is 9.88 Å². The summed E-state index contributed by atoms with van der Waals surface area (Å²) in [4.78, 5) is 27.5. The van der Waals surface area contributed by atoms with E-state index in [1.165, 1.54) is 44.9 Å². The summed E-state index contributed by atoms with van der Waals surface area (Å²) in [6.07, 6.45) is 22.1. The number of oxime groups is 1. The molecule has 6 rings (SSSR count). The van der Waals surface area contributed by atoms with Gasteiger partial charge in [0.05, 0.1) is 57.0 Å². The molecule has 3 heterocycles. The third-order valence-electron chi connectivity index (χ3n) is 14.4. The zero-order chi connectivity index (χ0) is 49.4. The Labute approximate surface area is 418 Å².